The van der Waals surface area contributed by atoms with E-state index in [9.17, 15) is 4.79 Å². The van der Waals surface area contributed by atoms with Crippen molar-refractivity contribution in [2.24, 2.45) is 0 Å². The molecule has 0 bridgehead atoms. The number of hydrogen-bond donors (Lipinski definition) is 2. The fourth-order valence-electron chi connectivity index (χ4n) is 4.40. The van der Waals surface area contributed by atoms with Gasteiger partial charge in [0.15, 0.2) is 0 Å². The smallest absolute Gasteiger partial charge is 0.248 e. The number of rotatable bonds is 6. The van der Waals surface area contributed by atoms with Crippen LogP contribution in [0.3, 0.4) is 0 Å². The summed E-state index contributed by atoms with van der Waals surface area (Å²) < 4.78 is 5.40. The second-order valence-corrected chi connectivity index (χ2v) is 8.41. The van der Waals surface area contributed by atoms with Gasteiger partial charge >= 0.3 is 0 Å². The van der Waals surface area contributed by atoms with Gasteiger partial charge < -0.3 is 15.0 Å². The number of aromatic amines is 1. The molecule has 168 valence electrons. The molecule has 3 heterocycles. The SMILES string of the molecule is O=C(/C=C/c1cnccc1-c1c[nH]c2c1CCC=C2)Nc1ccc(CN2CCOCC2)cc1. The molecule has 1 amide bonds. The fraction of sp³-hybridized carbons (Fsp3) is 0.259. The third kappa shape index (κ3) is 5.13. The van der Waals surface area contributed by atoms with E-state index < -0.39 is 0 Å². The first-order chi connectivity index (χ1) is 16.3. The first-order valence-electron chi connectivity index (χ1n) is 11.5. The zero-order valence-corrected chi connectivity index (χ0v) is 18.6. The molecule has 1 aliphatic heterocycles. The van der Waals surface area contributed by atoms with Gasteiger partial charge in [-0.1, -0.05) is 18.2 Å². The number of fused-ring (bicyclic) bond motifs is 1. The molecule has 6 heteroatoms. The summed E-state index contributed by atoms with van der Waals surface area (Å²) >= 11 is 0. The third-order valence-corrected chi connectivity index (χ3v) is 6.16. The molecule has 33 heavy (non-hydrogen) atoms. The molecule has 0 radical (unpaired) electrons. The van der Waals surface area contributed by atoms with E-state index in [1.165, 1.54) is 16.7 Å². The maximum absolute atomic E-state index is 12.6. The monoisotopic (exact) mass is 440 g/mol. The predicted octanol–water partition coefficient (Wildman–Crippen LogP) is 4.52. The second-order valence-electron chi connectivity index (χ2n) is 8.41. The highest BCUT2D eigenvalue weighted by Gasteiger charge is 2.15. The van der Waals surface area contributed by atoms with Crippen molar-refractivity contribution in [3.63, 3.8) is 0 Å². The lowest BCUT2D eigenvalue weighted by atomic mass is 9.94. The number of carbonyl (C=O) groups excluding carboxylic acids is 1. The largest absolute Gasteiger partial charge is 0.379 e. The summed E-state index contributed by atoms with van der Waals surface area (Å²) in [5.41, 5.74) is 7.67. The topological polar surface area (TPSA) is 70.2 Å². The van der Waals surface area contributed by atoms with Gasteiger partial charge in [0, 0.05) is 66.8 Å². The summed E-state index contributed by atoms with van der Waals surface area (Å²) in [5, 5.41) is 2.95. The van der Waals surface area contributed by atoms with E-state index >= 15 is 0 Å². The lowest BCUT2D eigenvalue weighted by Gasteiger charge is -2.26. The molecule has 0 spiro atoms. The van der Waals surface area contributed by atoms with E-state index in [0.29, 0.717) is 0 Å². The Balaban J connectivity index is 1.24. The number of nitrogens with one attached hydrogen (secondary N) is 2. The van der Waals surface area contributed by atoms with Gasteiger partial charge in [-0.25, -0.2) is 0 Å². The highest BCUT2D eigenvalue weighted by atomic mass is 16.5. The Morgan fingerprint density at radius 2 is 2.00 bits per heavy atom. The van der Waals surface area contributed by atoms with Crippen LogP contribution in [0.2, 0.25) is 0 Å². The van der Waals surface area contributed by atoms with Gasteiger partial charge in [-0.15, -0.1) is 0 Å². The van der Waals surface area contributed by atoms with E-state index in [2.05, 4.69) is 44.5 Å². The number of amides is 1. The molecule has 1 aliphatic carbocycles. The highest BCUT2D eigenvalue weighted by Crippen LogP contribution is 2.32. The number of nitrogens with zero attached hydrogens (tertiary/aromatic N) is 2. The Morgan fingerprint density at radius 1 is 1.15 bits per heavy atom. The molecule has 0 unspecified atom stereocenters. The lowest BCUT2D eigenvalue weighted by Crippen LogP contribution is -2.35. The minimum atomic E-state index is -0.162. The molecule has 2 aromatic heterocycles. The molecule has 5 rings (SSSR count). The molecular weight excluding hydrogens is 412 g/mol. The van der Waals surface area contributed by atoms with Crippen molar-refractivity contribution in [1.82, 2.24) is 14.9 Å². The number of hydrogen-bond acceptors (Lipinski definition) is 4. The van der Waals surface area contributed by atoms with Crippen LogP contribution in [0.25, 0.3) is 23.3 Å². The zero-order valence-electron chi connectivity index (χ0n) is 18.6. The van der Waals surface area contributed by atoms with Crippen molar-refractivity contribution in [3.8, 4) is 11.1 Å². The molecule has 1 aromatic carbocycles. The number of anilines is 1. The van der Waals surface area contributed by atoms with Crippen molar-refractivity contribution < 1.29 is 9.53 Å². The number of morpholine rings is 1. The molecular formula is C27H28N4O2. The van der Waals surface area contributed by atoms with Gasteiger partial charge in [0.2, 0.25) is 5.91 Å². The lowest BCUT2D eigenvalue weighted by molar-refractivity contribution is -0.111. The average molecular weight is 441 g/mol. The summed E-state index contributed by atoms with van der Waals surface area (Å²) in [5.74, 6) is -0.162. The summed E-state index contributed by atoms with van der Waals surface area (Å²) in [6.07, 6.45) is 15.4. The van der Waals surface area contributed by atoms with Crippen LogP contribution in [0, 0.1) is 0 Å². The van der Waals surface area contributed by atoms with Gasteiger partial charge in [-0.3, -0.25) is 14.7 Å². The van der Waals surface area contributed by atoms with Crippen LogP contribution in [0.1, 0.15) is 28.8 Å². The summed E-state index contributed by atoms with van der Waals surface area (Å²) in [6.45, 7) is 4.41. The van der Waals surface area contributed by atoms with Gasteiger partial charge in [-0.05, 0) is 59.9 Å². The van der Waals surface area contributed by atoms with Crippen LogP contribution in [-0.4, -0.2) is 47.1 Å². The Morgan fingerprint density at radius 3 is 2.85 bits per heavy atom. The van der Waals surface area contributed by atoms with Crippen molar-refractivity contribution in [2.75, 3.05) is 31.6 Å². The van der Waals surface area contributed by atoms with Crippen LogP contribution in [-0.2, 0) is 22.5 Å². The van der Waals surface area contributed by atoms with Crippen LogP contribution >= 0.6 is 0 Å². The number of pyridine rings is 1. The van der Waals surface area contributed by atoms with E-state index in [-0.39, 0.29) is 5.91 Å². The Kier molecular flexibility index (Phi) is 6.46. The van der Waals surface area contributed by atoms with Gasteiger partial charge in [-0.2, -0.15) is 0 Å². The second kappa shape index (κ2) is 9.98. The molecule has 1 fully saturated rings. The standard InChI is InChI=1S/C27H28N4O2/c32-27(30-22-8-5-20(6-9-22)19-31-13-15-33-16-14-31)10-7-21-17-28-12-11-23(21)25-18-29-26-4-2-1-3-24(25)26/h2,4-12,17-18,29H,1,3,13-16,19H2,(H,30,32)/b10-7+. The van der Waals surface area contributed by atoms with Crippen molar-refractivity contribution in [3.05, 3.63) is 83.5 Å². The summed E-state index contributed by atoms with van der Waals surface area (Å²) in [7, 11) is 0. The number of carbonyl (C=O) groups is 1. The number of aromatic nitrogens is 2. The summed E-state index contributed by atoms with van der Waals surface area (Å²) in [6, 6.07) is 10.1. The van der Waals surface area contributed by atoms with E-state index in [0.717, 1.165) is 68.2 Å². The Bertz CT molecular complexity index is 1170. The number of benzene rings is 1. The Labute approximate surface area is 194 Å². The van der Waals surface area contributed by atoms with Crippen molar-refractivity contribution in [2.45, 2.75) is 19.4 Å². The molecule has 0 saturated carbocycles. The number of allylic oxidation sites excluding steroid dienone is 1. The minimum Gasteiger partial charge on any atom is -0.379 e. The Hall–Kier alpha value is -3.48. The average Bonchev–Trinajstić information content (AvgIpc) is 3.29. The first kappa shape index (κ1) is 21.4. The van der Waals surface area contributed by atoms with Crippen LogP contribution in [0.4, 0.5) is 5.69 Å². The molecule has 3 aromatic rings. The molecule has 0 atom stereocenters. The zero-order chi connectivity index (χ0) is 22.5. The molecule has 2 aliphatic rings. The van der Waals surface area contributed by atoms with Crippen molar-refractivity contribution in [1.29, 1.82) is 0 Å². The van der Waals surface area contributed by atoms with Gasteiger partial charge in [0.05, 0.1) is 13.2 Å². The third-order valence-electron chi connectivity index (χ3n) is 6.16. The predicted molar refractivity (Wildman–Crippen MR) is 132 cm³/mol. The van der Waals surface area contributed by atoms with Crippen LogP contribution in [0.15, 0.2) is 61.1 Å². The molecule has 1 saturated heterocycles. The van der Waals surface area contributed by atoms with Crippen molar-refractivity contribution >= 4 is 23.7 Å². The van der Waals surface area contributed by atoms with Gasteiger partial charge in [0.25, 0.3) is 0 Å². The van der Waals surface area contributed by atoms with E-state index in [4.69, 9.17) is 4.74 Å². The first-order valence-corrected chi connectivity index (χ1v) is 11.5. The van der Waals surface area contributed by atoms with E-state index in [1.54, 1.807) is 18.5 Å². The van der Waals surface area contributed by atoms with Crippen LogP contribution in [0.5, 0.6) is 0 Å². The molecule has 2 N–H and O–H groups in total. The number of ether oxygens (including phenoxy) is 1. The fourth-order valence-corrected chi connectivity index (χ4v) is 4.40. The van der Waals surface area contributed by atoms with Crippen LogP contribution < -0.4 is 5.32 Å². The highest BCUT2D eigenvalue weighted by molar-refractivity contribution is 6.02. The normalized spacial score (nSPS) is 16.1. The minimum absolute atomic E-state index is 0.162. The quantitative estimate of drug-likeness (QED) is 0.553. The molecule has 6 nitrogen and oxygen atoms in total. The maximum Gasteiger partial charge on any atom is 0.248 e. The number of H-pyrrole nitrogens is 1. The van der Waals surface area contributed by atoms with Gasteiger partial charge in [0.1, 0.15) is 0 Å². The summed E-state index contributed by atoms with van der Waals surface area (Å²) in [4.78, 5) is 22.6. The van der Waals surface area contributed by atoms with E-state index in [1.807, 2.05) is 30.5 Å². The maximum atomic E-state index is 12.6.